The van der Waals surface area contributed by atoms with E-state index in [1.165, 1.54) is 25.7 Å². The minimum Gasteiger partial charge on any atom is -0.513 e. The third-order valence-electron chi connectivity index (χ3n) is 8.62. The zero-order chi connectivity index (χ0) is 42.1. The van der Waals surface area contributed by atoms with Gasteiger partial charge in [0.05, 0.1) is 11.8 Å². The Morgan fingerprint density at radius 1 is 1.00 bits per heavy atom. The van der Waals surface area contributed by atoms with E-state index < -0.39 is 35.6 Å². The molecular formula is C44H68F2N4O5. The van der Waals surface area contributed by atoms with Gasteiger partial charge in [-0.05, 0) is 47.6 Å². The Hall–Kier alpha value is -4.51. The Labute approximate surface area is 329 Å². The summed E-state index contributed by atoms with van der Waals surface area (Å²) in [6.45, 7) is 22.0. The number of benzene rings is 2. The molecule has 3 aromatic rings. The lowest BCUT2D eigenvalue weighted by atomic mass is 9.83. The second kappa shape index (κ2) is 27.1. The molecule has 55 heavy (non-hydrogen) atoms. The van der Waals surface area contributed by atoms with Crippen LogP contribution in [0.5, 0.6) is 0 Å². The first-order valence-corrected chi connectivity index (χ1v) is 19.4. The van der Waals surface area contributed by atoms with Gasteiger partial charge in [-0.1, -0.05) is 125 Å². The summed E-state index contributed by atoms with van der Waals surface area (Å²) in [5.41, 5.74) is 6.97. The van der Waals surface area contributed by atoms with Gasteiger partial charge in [0, 0.05) is 55.0 Å². The standard InChI is InChI=1S/C28H33F2N3O3.C8H15NO2.C6H14.C2H6/c1-28(2,3)27(33(26(36)18-34)13-7-12-31-19-35)25-14-21(23-15-22(29)10-11-24(23)30)17-32(25)16-20-8-5-4-6-9-20;1-5(2)7(8(9)11)4-6(3)10;1-3-5-6-4-2;1-2/h4-6,8-11,14-15,17,19,27,34H,7,12-13,16,18H2,1-3H3,(H,31,35);5,7,10H,3-4H2,1-2H3,(H2,9,11);3-6H2,1-2H3;1-2H3. The van der Waals surface area contributed by atoms with Gasteiger partial charge in [0.1, 0.15) is 18.2 Å². The molecule has 308 valence electrons. The Bertz CT molecular complexity index is 1550. The van der Waals surface area contributed by atoms with Gasteiger partial charge in [0.25, 0.3) is 0 Å². The van der Waals surface area contributed by atoms with Crippen LogP contribution in [0.15, 0.2) is 73.1 Å². The molecule has 2 atom stereocenters. The van der Waals surface area contributed by atoms with Crippen molar-refractivity contribution in [3.63, 3.8) is 0 Å². The topological polar surface area (TPSA) is 138 Å². The molecule has 0 saturated heterocycles. The lowest BCUT2D eigenvalue weighted by Crippen LogP contribution is -2.44. The van der Waals surface area contributed by atoms with E-state index in [0.29, 0.717) is 38.0 Å². The Kier molecular flexibility index (Phi) is 24.9. The van der Waals surface area contributed by atoms with Crippen molar-refractivity contribution in [3.05, 3.63) is 96.0 Å². The number of aromatic nitrogens is 1. The number of nitrogens with zero attached hydrogens (tertiary/aromatic N) is 2. The highest BCUT2D eigenvalue weighted by Crippen LogP contribution is 2.41. The van der Waals surface area contributed by atoms with Crippen molar-refractivity contribution in [2.75, 3.05) is 19.7 Å². The first kappa shape index (κ1) is 50.5. The van der Waals surface area contributed by atoms with Crippen molar-refractivity contribution in [1.29, 1.82) is 0 Å². The first-order valence-electron chi connectivity index (χ1n) is 19.4. The Morgan fingerprint density at radius 2 is 1.60 bits per heavy atom. The maximum Gasteiger partial charge on any atom is 0.248 e. The van der Waals surface area contributed by atoms with Gasteiger partial charge < -0.3 is 30.7 Å². The van der Waals surface area contributed by atoms with Crippen LogP contribution in [0.4, 0.5) is 8.78 Å². The summed E-state index contributed by atoms with van der Waals surface area (Å²) < 4.78 is 30.7. The number of rotatable bonds is 18. The van der Waals surface area contributed by atoms with Crippen molar-refractivity contribution in [3.8, 4) is 11.1 Å². The van der Waals surface area contributed by atoms with Crippen LogP contribution >= 0.6 is 0 Å². The maximum atomic E-state index is 14.7. The van der Waals surface area contributed by atoms with Crippen molar-refractivity contribution < 1.29 is 33.4 Å². The van der Waals surface area contributed by atoms with Gasteiger partial charge in [-0.2, -0.15) is 0 Å². The normalized spacial score (nSPS) is 11.7. The molecule has 0 bridgehead atoms. The molecule has 3 rings (SSSR count). The molecule has 2 unspecified atom stereocenters. The van der Waals surface area contributed by atoms with Gasteiger partial charge in [-0.3, -0.25) is 14.4 Å². The monoisotopic (exact) mass is 771 g/mol. The molecule has 1 aromatic heterocycles. The molecule has 3 amide bonds. The number of primary amides is 1. The summed E-state index contributed by atoms with van der Waals surface area (Å²) in [7, 11) is 0. The van der Waals surface area contributed by atoms with Gasteiger partial charge in [0.2, 0.25) is 18.2 Å². The number of nitrogens with two attached hydrogens (primary N) is 1. The summed E-state index contributed by atoms with van der Waals surface area (Å²) in [5, 5.41) is 21.2. The third kappa shape index (κ3) is 18.6. The second-order valence-electron chi connectivity index (χ2n) is 14.6. The lowest BCUT2D eigenvalue weighted by Gasteiger charge is -2.41. The number of hydrogen-bond acceptors (Lipinski definition) is 5. The van der Waals surface area contributed by atoms with Crippen LogP contribution in [0, 0.1) is 28.9 Å². The molecule has 11 heteroatoms. The molecule has 0 spiro atoms. The fourth-order valence-corrected chi connectivity index (χ4v) is 5.93. The van der Waals surface area contributed by atoms with Crippen molar-refractivity contribution in [2.45, 2.75) is 113 Å². The maximum absolute atomic E-state index is 14.7. The van der Waals surface area contributed by atoms with E-state index in [1.54, 1.807) is 17.2 Å². The zero-order valence-corrected chi connectivity index (χ0v) is 34.7. The highest BCUT2D eigenvalue weighted by atomic mass is 19.1. The summed E-state index contributed by atoms with van der Waals surface area (Å²) in [4.78, 5) is 36.0. The van der Waals surface area contributed by atoms with Crippen LogP contribution in [0.3, 0.4) is 0 Å². The molecule has 0 aliphatic rings. The quantitative estimate of drug-likeness (QED) is 0.0581. The van der Waals surface area contributed by atoms with Crippen molar-refractivity contribution in [1.82, 2.24) is 14.8 Å². The predicted octanol–water partition coefficient (Wildman–Crippen LogP) is 9.34. The smallest absolute Gasteiger partial charge is 0.248 e. The van der Waals surface area contributed by atoms with E-state index >= 15 is 0 Å². The number of aliphatic hydroxyl groups is 2. The average Bonchev–Trinajstić information content (AvgIpc) is 3.54. The van der Waals surface area contributed by atoms with E-state index in [9.17, 15) is 28.3 Å². The third-order valence-corrected chi connectivity index (χ3v) is 8.62. The summed E-state index contributed by atoms with van der Waals surface area (Å²) >= 11 is 0. The predicted molar refractivity (Wildman–Crippen MR) is 220 cm³/mol. The number of nitrogens with one attached hydrogen (secondary N) is 1. The van der Waals surface area contributed by atoms with Crippen molar-refractivity contribution >= 4 is 18.2 Å². The number of halogens is 2. The lowest BCUT2D eigenvalue weighted by molar-refractivity contribution is -0.139. The second-order valence-corrected chi connectivity index (χ2v) is 14.6. The van der Waals surface area contributed by atoms with Crippen LogP contribution in [0.25, 0.3) is 11.1 Å². The van der Waals surface area contributed by atoms with Gasteiger partial charge in [-0.15, -0.1) is 0 Å². The summed E-state index contributed by atoms with van der Waals surface area (Å²) in [6.07, 6.45) is 8.67. The van der Waals surface area contributed by atoms with E-state index in [-0.39, 0.29) is 35.5 Å². The van der Waals surface area contributed by atoms with E-state index in [0.717, 1.165) is 29.5 Å². The highest BCUT2D eigenvalue weighted by molar-refractivity contribution is 5.78. The first-order chi connectivity index (χ1) is 26.0. The molecule has 9 nitrogen and oxygen atoms in total. The summed E-state index contributed by atoms with van der Waals surface area (Å²) in [6, 6.07) is 14.3. The van der Waals surface area contributed by atoms with Crippen LogP contribution in [-0.4, -0.2) is 57.6 Å². The number of allylic oxidation sites excluding steroid dienone is 1. The largest absolute Gasteiger partial charge is 0.513 e. The number of carbonyl (C=O) groups excluding carboxylic acids is 3. The highest BCUT2D eigenvalue weighted by Gasteiger charge is 2.37. The SMILES string of the molecule is C=C(O)CC(C(N)=O)C(C)C.CC.CC(C)(C)C(c1cc(-c2cc(F)ccc2F)cn1Cc1ccccc1)N(CCCNC=O)C(=O)CO.CCCCCC. The number of carbonyl (C=O) groups is 3. The number of aliphatic hydroxyl groups excluding tert-OH is 2. The average molecular weight is 771 g/mol. The molecule has 0 saturated carbocycles. The van der Waals surface area contributed by atoms with Gasteiger partial charge in [0.15, 0.2) is 0 Å². The zero-order valence-electron chi connectivity index (χ0n) is 34.7. The van der Waals surface area contributed by atoms with Gasteiger partial charge >= 0.3 is 0 Å². The molecule has 0 aliphatic carbocycles. The fraction of sp³-hybridized carbons (Fsp3) is 0.523. The Balaban J connectivity index is 0.00000127. The molecule has 5 N–H and O–H groups in total. The molecule has 0 fully saturated rings. The van der Waals surface area contributed by atoms with E-state index in [1.807, 2.05) is 83.4 Å². The summed E-state index contributed by atoms with van der Waals surface area (Å²) in [5.74, 6) is -2.06. The molecule has 0 radical (unpaired) electrons. The molecule has 0 aliphatic heterocycles. The number of amides is 3. The van der Waals surface area contributed by atoms with E-state index in [2.05, 4.69) is 25.7 Å². The number of unbranched alkanes of at least 4 members (excludes halogenated alkanes) is 3. The van der Waals surface area contributed by atoms with Crippen molar-refractivity contribution in [2.24, 2.45) is 23.0 Å². The van der Waals surface area contributed by atoms with Crippen LogP contribution in [0.2, 0.25) is 0 Å². The molecule has 2 aromatic carbocycles. The van der Waals surface area contributed by atoms with Crippen LogP contribution in [-0.2, 0) is 20.9 Å². The van der Waals surface area contributed by atoms with Crippen LogP contribution in [0.1, 0.15) is 118 Å². The fourth-order valence-electron chi connectivity index (χ4n) is 5.93. The van der Waals surface area contributed by atoms with E-state index in [4.69, 9.17) is 10.8 Å². The molecule has 1 heterocycles. The van der Waals surface area contributed by atoms with Crippen LogP contribution < -0.4 is 11.1 Å². The number of hydrogen-bond donors (Lipinski definition) is 4. The van der Waals surface area contributed by atoms with Gasteiger partial charge in [-0.25, -0.2) is 8.78 Å². The Morgan fingerprint density at radius 3 is 2.05 bits per heavy atom. The minimum atomic E-state index is -0.668. The minimum absolute atomic E-state index is 0.0162. The molecular weight excluding hydrogens is 703 g/mol.